The maximum atomic E-state index is 14.2. The van der Waals surface area contributed by atoms with E-state index in [4.69, 9.17) is 0 Å². The molecule has 25 heavy (non-hydrogen) atoms. The number of carbonyl (C=O) groups is 1. The molecule has 8 heteroatoms. The first kappa shape index (κ1) is 15.1. The van der Waals surface area contributed by atoms with Crippen LogP contribution in [-0.2, 0) is 10.2 Å². The van der Waals surface area contributed by atoms with E-state index in [1.165, 1.54) is 42.7 Å². The summed E-state index contributed by atoms with van der Waals surface area (Å²) in [5.41, 5.74) is -0.944. The van der Waals surface area contributed by atoms with Gasteiger partial charge in [-0.3, -0.25) is 4.79 Å². The van der Waals surface area contributed by atoms with Crippen molar-refractivity contribution in [3.05, 3.63) is 77.1 Å². The minimum atomic E-state index is -1.54. The molecule has 1 amide bonds. The molecule has 4 rings (SSSR count). The van der Waals surface area contributed by atoms with Crippen molar-refractivity contribution in [3.8, 4) is 5.75 Å². The molecule has 0 fully saturated rings. The van der Waals surface area contributed by atoms with Gasteiger partial charge in [0, 0.05) is 11.1 Å². The van der Waals surface area contributed by atoms with Crippen LogP contribution < -0.4 is 5.32 Å². The minimum absolute atomic E-state index is 0.0133. The predicted molar refractivity (Wildman–Crippen MR) is 82.4 cm³/mol. The molecule has 6 nitrogen and oxygen atoms in total. The molecular formula is C17H11F2N3O3. The monoisotopic (exact) mass is 343 g/mol. The molecule has 126 valence electrons. The van der Waals surface area contributed by atoms with Crippen molar-refractivity contribution in [3.63, 3.8) is 0 Å². The fourth-order valence-corrected chi connectivity index (χ4v) is 3.27. The van der Waals surface area contributed by atoms with Crippen molar-refractivity contribution >= 4 is 11.6 Å². The quantitative estimate of drug-likeness (QED) is 0.624. The molecule has 2 heterocycles. The minimum Gasteiger partial charge on any atom is -0.508 e. The number of benzene rings is 2. The number of nitrogens with zero attached hydrogens (tertiary/aromatic N) is 2. The molecule has 2 aromatic carbocycles. The number of rotatable bonds is 2. The normalized spacial score (nSPS) is 18.9. The van der Waals surface area contributed by atoms with Crippen LogP contribution in [0.2, 0.25) is 0 Å². The number of anilines is 1. The summed E-state index contributed by atoms with van der Waals surface area (Å²) in [6.45, 7) is 0. The number of aromatic nitrogens is 2. The average molecular weight is 343 g/mol. The van der Waals surface area contributed by atoms with Crippen molar-refractivity contribution in [2.45, 2.75) is 5.41 Å². The molecule has 3 aromatic rings. The predicted octanol–water partition coefficient (Wildman–Crippen LogP) is 2.39. The number of amides is 1. The Kier molecular flexibility index (Phi) is 3.05. The molecule has 0 spiro atoms. The van der Waals surface area contributed by atoms with Crippen LogP contribution in [-0.4, -0.2) is 26.2 Å². The van der Waals surface area contributed by atoms with Gasteiger partial charge in [-0.2, -0.15) is 0 Å². The van der Waals surface area contributed by atoms with Crippen molar-refractivity contribution in [1.82, 2.24) is 9.94 Å². The zero-order valence-corrected chi connectivity index (χ0v) is 12.6. The Labute approximate surface area is 139 Å². The van der Waals surface area contributed by atoms with E-state index in [1.807, 2.05) is 0 Å². The lowest BCUT2D eigenvalue weighted by Gasteiger charge is -2.27. The highest BCUT2D eigenvalue weighted by atomic mass is 19.2. The zero-order valence-electron chi connectivity index (χ0n) is 12.6. The van der Waals surface area contributed by atoms with Crippen LogP contribution >= 0.6 is 0 Å². The maximum absolute atomic E-state index is 14.2. The van der Waals surface area contributed by atoms with Gasteiger partial charge in [-0.05, 0) is 23.8 Å². The van der Waals surface area contributed by atoms with Crippen LogP contribution in [0.15, 0.2) is 48.8 Å². The summed E-state index contributed by atoms with van der Waals surface area (Å²) in [4.78, 5) is 13.5. The first-order valence-corrected chi connectivity index (χ1v) is 7.28. The molecule has 0 radical (unpaired) electrons. The Bertz CT molecular complexity index is 1000. The SMILES string of the molecule is O=C1Nc2c(ccc(F)c2F)C1(c1ccc(O)cc1)c1cnn(O)c1. The van der Waals surface area contributed by atoms with E-state index in [0.717, 1.165) is 6.07 Å². The number of phenols is 1. The van der Waals surface area contributed by atoms with Gasteiger partial charge >= 0.3 is 0 Å². The lowest BCUT2D eigenvalue weighted by molar-refractivity contribution is -0.118. The molecule has 0 saturated carbocycles. The van der Waals surface area contributed by atoms with Gasteiger partial charge in [0.1, 0.15) is 11.2 Å². The highest BCUT2D eigenvalue weighted by molar-refractivity contribution is 6.11. The second-order valence-corrected chi connectivity index (χ2v) is 5.68. The van der Waals surface area contributed by atoms with Gasteiger partial charge in [0.2, 0.25) is 5.91 Å². The zero-order chi connectivity index (χ0) is 17.8. The molecule has 3 N–H and O–H groups in total. The molecular weight excluding hydrogens is 332 g/mol. The van der Waals surface area contributed by atoms with Crippen molar-refractivity contribution in [2.24, 2.45) is 0 Å². The summed E-state index contributed by atoms with van der Waals surface area (Å²) >= 11 is 0. The summed E-state index contributed by atoms with van der Waals surface area (Å²) < 4.78 is 27.8. The van der Waals surface area contributed by atoms with E-state index in [-0.39, 0.29) is 22.6 Å². The summed E-state index contributed by atoms with van der Waals surface area (Å²) in [6, 6.07) is 8.01. The number of hydrogen-bond donors (Lipinski definition) is 3. The first-order chi connectivity index (χ1) is 11.9. The molecule has 1 aliphatic heterocycles. The fraction of sp³-hybridized carbons (Fsp3) is 0.0588. The van der Waals surface area contributed by atoms with Crippen molar-refractivity contribution in [1.29, 1.82) is 0 Å². The van der Waals surface area contributed by atoms with Gasteiger partial charge in [-0.1, -0.05) is 18.2 Å². The molecule has 1 aliphatic rings. The third-order valence-electron chi connectivity index (χ3n) is 4.38. The van der Waals surface area contributed by atoms with E-state index >= 15 is 0 Å². The lowest BCUT2D eigenvalue weighted by atomic mass is 9.71. The van der Waals surface area contributed by atoms with Crippen LogP contribution in [0.1, 0.15) is 16.7 Å². The number of phenolic OH excluding ortho intramolecular Hbond substituents is 1. The Balaban J connectivity index is 2.09. The molecule has 0 bridgehead atoms. The summed E-state index contributed by atoms with van der Waals surface area (Å²) in [7, 11) is 0. The number of hydrogen-bond acceptors (Lipinski definition) is 4. The van der Waals surface area contributed by atoms with Crippen LogP contribution in [0.25, 0.3) is 0 Å². The third-order valence-corrected chi connectivity index (χ3v) is 4.38. The molecule has 0 saturated heterocycles. The standard InChI is InChI=1S/C17H11F2N3O3/c18-13-6-5-12-15(14(13)19)21-16(24)17(12,10-7-20-22(25)8-10)9-1-3-11(23)4-2-9/h1-8,23,25H,(H,21,24). The largest absolute Gasteiger partial charge is 0.508 e. The van der Waals surface area contributed by atoms with Crippen LogP contribution in [0.3, 0.4) is 0 Å². The third kappa shape index (κ3) is 1.94. The smallest absolute Gasteiger partial charge is 0.244 e. The van der Waals surface area contributed by atoms with Crippen molar-refractivity contribution < 1.29 is 23.9 Å². The van der Waals surface area contributed by atoms with E-state index in [0.29, 0.717) is 10.4 Å². The van der Waals surface area contributed by atoms with E-state index < -0.39 is 23.0 Å². The van der Waals surface area contributed by atoms with Crippen molar-refractivity contribution in [2.75, 3.05) is 5.32 Å². The summed E-state index contributed by atoms with van der Waals surface area (Å²) in [5, 5.41) is 25.1. The second-order valence-electron chi connectivity index (χ2n) is 5.68. The highest BCUT2D eigenvalue weighted by Gasteiger charge is 2.52. The van der Waals surface area contributed by atoms with Gasteiger partial charge in [-0.25, -0.2) is 8.78 Å². The van der Waals surface area contributed by atoms with Crippen LogP contribution in [0.5, 0.6) is 5.75 Å². The topological polar surface area (TPSA) is 87.4 Å². The van der Waals surface area contributed by atoms with Gasteiger partial charge in [-0.15, -0.1) is 9.94 Å². The van der Waals surface area contributed by atoms with E-state index in [2.05, 4.69) is 10.4 Å². The molecule has 1 unspecified atom stereocenters. The fourth-order valence-electron chi connectivity index (χ4n) is 3.27. The summed E-state index contributed by atoms with van der Waals surface area (Å²) in [5.74, 6) is -2.88. The molecule has 1 aromatic heterocycles. The number of aromatic hydroxyl groups is 1. The van der Waals surface area contributed by atoms with Crippen LogP contribution in [0.4, 0.5) is 14.5 Å². The Morgan fingerprint density at radius 2 is 1.80 bits per heavy atom. The number of fused-ring (bicyclic) bond motifs is 1. The number of nitrogens with one attached hydrogen (secondary N) is 1. The van der Waals surface area contributed by atoms with Gasteiger partial charge in [0.25, 0.3) is 0 Å². The Hall–Kier alpha value is -3.42. The molecule has 1 atom stereocenters. The second kappa shape index (κ2) is 5.04. The highest BCUT2D eigenvalue weighted by Crippen LogP contribution is 2.48. The van der Waals surface area contributed by atoms with Crippen LogP contribution in [0, 0.1) is 11.6 Å². The molecule has 0 aliphatic carbocycles. The number of carbonyl (C=O) groups excluding carboxylic acids is 1. The van der Waals surface area contributed by atoms with Gasteiger partial charge < -0.3 is 15.6 Å². The first-order valence-electron chi connectivity index (χ1n) is 7.28. The Morgan fingerprint density at radius 3 is 2.44 bits per heavy atom. The van der Waals surface area contributed by atoms with Gasteiger partial charge in [0.15, 0.2) is 11.6 Å². The Morgan fingerprint density at radius 1 is 1.08 bits per heavy atom. The summed E-state index contributed by atoms with van der Waals surface area (Å²) in [6.07, 6.45) is 2.48. The van der Waals surface area contributed by atoms with Gasteiger partial charge in [0.05, 0.1) is 18.1 Å². The van der Waals surface area contributed by atoms with E-state index in [9.17, 15) is 23.9 Å². The maximum Gasteiger partial charge on any atom is 0.244 e. The van der Waals surface area contributed by atoms with E-state index in [1.54, 1.807) is 0 Å². The average Bonchev–Trinajstić information content (AvgIpc) is 3.14. The lowest BCUT2D eigenvalue weighted by Crippen LogP contribution is -2.36. The number of halogens is 2.